The largest absolute Gasteiger partial charge is 0.481 e. The highest BCUT2D eigenvalue weighted by Crippen LogP contribution is 2.35. The van der Waals surface area contributed by atoms with E-state index in [1.54, 1.807) is 0 Å². The summed E-state index contributed by atoms with van der Waals surface area (Å²) in [6.45, 7) is 3.94. The first-order valence-corrected chi connectivity index (χ1v) is 9.25. The van der Waals surface area contributed by atoms with Crippen molar-refractivity contribution in [3.63, 3.8) is 0 Å². The fourth-order valence-corrected chi connectivity index (χ4v) is 3.73. The molecule has 140 valence electrons. The van der Waals surface area contributed by atoms with E-state index in [0.717, 1.165) is 22.3 Å². The number of hydrogen-bond acceptors (Lipinski definition) is 2. The van der Waals surface area contributed by atoms with Crippen LogP contribution in [0.2, 0.25) is 0 Å². The lowest BCUT2D eigenvalue weighted by Crippen LogP contribution is -2.41. The first kappa shape index (κ1) is 18.9. The number of nitrogens with one attached hydrogen (secondary N) is 1. The summed E-state index contributed by atoms with van der Waals surface area (Å²) in [6, 6.07) is 19.2. The highest BCUT2D eigenvalue weighted by molar-refractivity contribution is 5.86. The van der Waals surface area contributed by atoms with Gasteiger partial charge in [0.1, 0.15) is 0 Å². The van der Waals surface area contributed by atoms with Crippen LogP contribution >= 0.6 is 0 Å². The first-order valence-electron chi connectivity index (χ1n) is 9.25. The molecule has 4 nitrogen and oxygen atoms in total. The minimum absolute atomic E-state index is 0.202. The fourth-order valence-electron chi connectivity index (χ4n) is 3.73. The Kier molecular flexibility index (Phi) is 5.75. The third-order valence-corrected chi connectivity index (χ3v) is 5.47. The van der Waals surface area contributed by atoms with Gasteiger partial charge < -0.3 is 10.4 Å². The predicted octanol–water partition coefficient (Wildman–Crippen LogP) is 4.34. The van der Waals surface area contributed by atoms with Crippen molar-refractivity contribution in [2.75, 3.05) is 0 Å². The summed E-state index contributed by atoms with van der Waals surface area (Å²) in [6.07, 6.45) is 0.922. The third-order valence-electron chi connectivity index (χ3n) is 5.47. The molecule has 1 amide bonds. The molecule has 0 fully saturated rings. The molecule has 4 heteroatoms. The molecule has 0 spiro atoms. The van der Waals surface area contributed by atoms with Crippen molar-refractivity contribution >= 4 is 11.9 Å². The van der Waals surface area contributed by atoms with Gasteiger partial charge in [-0.05, 0) is 37.8 Å². The molecule has 0 aliphatic heterocycles. The van der Waals surface area contributed by atoms with Crippen molar-refractivity contribution in [1.82, 2.24) is 5.32 Å². The number of aliphatic carboxylic acids is 1. The van der Waals surface area contributed by atoms with Crippen LogP contribution in [0.4, 0.5) is 0 Å². The van der Waals surface area contributed by atoms with Crippen molar-refractivity contribution in [2.45, 2.75) is 32.7 Å². The van der Waals surface area contributed by atoms with Crippen LogP contribution in [-0.2, 0) is 9.59 Å². The van der Waals surface area contributed by atoms with Crippen molar-refractivity contribution in [3.8, 4) is 0 Å². The average molecular weight is 363 g/mol. The van der Waals surface area contributed by atoms with Crippen LogP contribution in [0.5, 0.6) is 0 Å². The minimum atomic E-state index is -0.905. The zero-order valence-corrected chi connectivity index (χ0v) is 15.7. The van der Waals surface area contributed by atoms with E-state index in [0.29, 0.717) is 12.8 Å². The van der Waals surface area contributed by atoms with Gasteiger partial charge in [-0.15, -0.1) is 0 Å². The van der Waals surface area contributed by atoms with Crippen molar-refractivity contribution in [1.29, 1.82) is 0 Å². The molecule has 0 heterocycles. The smallest absolute Gasteiger partial charge is 0.307 e. The molecule has 0 aromatic heterocycles. The summed E-state index contributed by atoms with van der Waals surface area (Å²) < 4.78 is 0. The van der Waals surface area contributed by atoms with Gasteiger partial charge in [-0.2, -0.15) is 0 Å². The van der Waals surface area contributed by atoms with Crippen LogP contribution in [0.3, 0.4) is 0 Å². The number of carbonyl (C=O) groups is 2. The van der Waals surface area contributed by atoms with E-state index >= 15 is 0 Å². The highest BCUT2D eigenvalue weighted by atomic mass is 16.4. The second-order valence-electron chi connectivity index (χ2n) is 7.28. The highest BCUT2D eigenvalue weighted by Gasteiger charge is 2.38. The standard InChI is InChI=1S/C23H25NO3/c1-15-13-19(20(23(26)27)14-16(15)2)22(25)24-21(17-9-5-3-6-10-17)18-11-7-4-8-12-18/h3-12,19-21H,13-14H2,1-2H3,(H,24,25)(H,26,27). The zero-order valence-electron chi connectivity index (χ0n) is 15.7. The van der Waals surface area contributed by atoms with Crippen LogP contribution in [0.1, 0.15) is 43.9 Å². The van der Waals surface area contributed by atoms with Crippen LogP contribution in [0.15, 0.2) is 71.8 Å². The molecule has 1 aliphatic carbocycles. The molecule has 2 aromatic carbocycles. The van der Waals surface area contributed by atoms with E-state index in [1.807, 2.05) is 74.5 Å². The summed E-state index contributed by atoms with van der Waals surface area (Å²) in [7, 11) is 0. The maximum absolute atomic E-state index is 13.1. The predicted molar refractivity (Wildman–Crippen MR) is 105 cm³/mol. The fraction of sp³-hybridized carbons (Fsp3) is 0.304. The van der Waals surface area contributed by atoms with Crippen LogP contribution in [0, 0.1) is 11.8 Å². The van der Waals surface area contributed by atoms with E-state index in [-0.39, 0.29) is 11.9 Å². The molecule has 2 aromatic rings. The third kappa shape index (κ3) is 4.27. The second-order valence-corrected chi connectivity index (χ2v) is 7.28. The van der Waals surface area contributed by atoms with Gasteiger partial charge >= 0.3 is 5.97 Å². The minimum Gasteiger partial charge on any atom is -0.481 e. The molecule has 0 radical (unpaired) electrons. The number of amides is 1. The van der Waals surface area contributed by atoms with Crippen molar-refractivity contribution < 1.29 is 14.7 Å². The van der Waals surface area contributed by atoms with Crippen LogP contribution < -0.4 is 5.32 Å². The Labute approximate surface area is 159 Å². The summed E-state index contributed by atoms with van der Waals surface area (Å²) in [5.41, 5.74) is 4.14. The lowest BCUT2D eigenvalue weighted by Gasteiger charge is -2.31. The molecule has 0 saturated heterocycles. The van der Waals surface area contributed by atoms with E-state index in [2.05, 4.69) is 5.32 Å². The Bertz CT molecular complexity index is 803. The molecular weight excluding hydrogens is 338 g/mol. The number of carboxylic acids is 1. The second kappa shape index (κ2) is 8.21. The summed E-state index contributed by atoms with van der Waals surface area (Å²) in [4.78, 5) is 24.9. The number of carboxylic acid groups (broad SMARTS) is 1. The maximum atomic E-state index is 13.1. The monoisotopic (exact) mass is 363 g/mol. The average Bonchev–Trinajstić information content (AvgIpc) is 2.68. The molecule has 3 rings (SSSR count). The zero-order chi connectivity index (χ0) is 19.4. The summed E-state index contributed by atoms with van der Waals surface area (Å²) in [5.74, 6) is -2.34. The molecule has 2 N–H and O–H groups in total. The number of rotatable bonds is 5. The normalized spacial score (nSPS) is 19.8. The van der Waals surface area contributed by atoms with Crippen molar-refractivity contribution in [2.24, 2.45) is 11.8 Å². The molecule has 1 aliphatic rings. The first-order chi connectivity index (χ1) is 13.0. The lowest BCUT2D eigenvalue weighted by molar-refractivity contribution is -0.147. The van der Waals surface area contributed by atoms with Gasteiger partial charge in [0.25, 0.3) is 0 Å². The Morgan fingerprint density at radius 3 is 1.74 bits per heavy atom. The number of allylic oxidation sites excluding steroid dienone is 2. The molecule has 27 heavy (non-hydrogen) atoms. The topological polar surface area (TPSA) is 66.4 Å². The van der Waals surface area contributed by atoms with Crippen LogP contribution in [-0.4, -0.2) is 17.0 Å². The number of carbonyl (C=O) groups excluding carboxylic acids is 1. The van der Waals surface area contributed by atoms with E-state index in [4.69, 9.17) is 0 Å². The number of benzene rings is 2. The van der Waals surface area contributed by atoms with Gasteiger partial charge in [0.05, 0.1) is 17.9 Å². The van der Waals surface area contributed by atoms with Gasteiger partial charge in [0.2, 0.25) is 5.91 Å². The summed E-state index contributed by atoms with van der Waals surface area (Å²) >= 11 is 0. The SMILES string of the molecule is CC1=C(C)CC(C(=O)NC(c2ccccc2)c2ccccc2)C(C(=O)O)C1. The van der Waals surface area contributed by atoms with E-state index in [9.17, 15) is 14.7 Å². The number of hydrogen-bond donors (Lipinski definition) is 2. The van der Waals surface area contributed by atoms with Gasteiger partial charge in [-0.25, -0.2) is 0 Å². The molecule has 2 atom stereocenters. The Balaban J connectivity index is 1.89. The van der Waals surface area contributed by atoms with E-state index < -0.39 is 17.8 Å². The maximum Gasteiger partial charge on any atom is 0.307 e. The Hall–Kier alpha value is -2.88. The Morgan fingerprint density at radius 2 is 1.30 bits per heavy atom. The summed E-state index contributed by atoms with van der Waals surface area (Å²) in [5, 5.41) is 12.7. The molecule has 0 saturated carbocycles. The van der Waals surface area contributed by atoms with E-state index in [1.165, 1.54) is 0 Å². The molecular formula is C23H25NO3. The quantitative estimate of drug-likeness (QED) is 0.777. The lowest BCUT2D eigenvalue weighted by atomic mass is 9.76. The van der Waals surface area contributed by atoms with Gasteiger partial charge in [0, 0.05) is 0 Å². The molecule has 0 bridgehead atoms. The Morgan fingerprint density at radius 1 is 0.852 bits per heavy atom. The van der Waals surface area contributed by atoms with Crippen molar-refractivity contribution in [3.05, 3.63) is 82.9 Å². The van der Waals surface area contributed by atoms with Crippen LogP contribution in [0.25, 0.3) is 0 Å². The van der Waals surface area contributed by atoms with Gasteiger partial charge in [0.15, 0.2) is 0 Å². The van der Waals surface area contributed by atoms with Gasteiger partial charge in [-0.1, -0.05) is 71.8 Å². The van der Waals surface area contributed by atoms with Gasteiger partial charge in [-0.3, -0.25) is 9.59 Å². The molecule has 2 unspecified atom stereocenters.